The van der Waals surface area contributed by atoms with Crippen LogP contribution in [0.4, 0.5) is 16.2 Å². The van der Waals surface area contributed by atoms with E-state index in [-0.39, 0.29) is 11.7 Å². The van der Waals surface area contributed by atoms with Crippen LogP contribution in [0.25, 0.3) is 10.6 Å². The lowest BCUT2D eigenvalue weighted by molar-refractivity contribution is -0.125. The third kappa shape index (κ3) is 5.81. The molecule has 4 heterocycles. The molecular weight excluding hydrogens is 561 g/mol. The number of fused-ring (bicyclic) bond motifs is 1. The molecule has 3 N–H and O–H groups in total. The Balaban J connectivity index is 1.34. The van der Waals surface area contributed by atoms with Crippen LogP contribution in [0.5, 0.6) is 5.75 Å². The van der Waals surface area contributed by atoms with Crippen molar-refractivity contribution in [3.63, 3.8) is 0 Å². The number of carbonyl (C=O) groups is 2. The number of hydrogen-bond acceptors (Lipinski definition) is 9. The molecule has 0 saturated carbocycles. The predicted octanol–water partition coefficient (Wildman–Crippen LogP) is 4.45. The summed E-state index contributed by atoms with van der Waals surface area (Å²) in [6, 6.07) is 6.00. The van der Waals surface area contributed by atoms with E-state index < -0.39 is 23.8 Å². The number of amides is 2. The first-order chi connectivity index (χ1) is 20.2. The van der Waals surface area contributed by atoms with Crippen LogP contribution < -0.4 is 15.4 Å². The molecule has 0 fully saturated rings. The van der Waals surface area contributed by atoms with Crippen molar-refractivity contribution in [3.05, 3.63) is 82.4 Å². The first-order valence-electron chi connectivity index (χ1n) is 13.2. The maximum absolute atomic E-state index is 14.1. The third-order valence-corrected chi connectivity index (χ3v) is 8.26. The second kappa shape index (κ2) is 12.0. The predicted molar refractivity (Wildman–Crippen MR) is 156 cm³/mol. The summed E-state index contributed by atoms with van der Waals surface area (Å²) in [6.45, 7) is 3.90. The first-order valence-corrected chi connectivity index (χ1v) is 14.0. The number of halogens is 1. The van der Waals surface area contributed by atoms with Gasteiger partial charge in [0.2, 0.25) is 11.9 Å². The summed E-state index contributed by atoms with van der Waals surface area (Å²) in [5.74, 6) is 0.158. The molecule has 11 nitrogen and oxygen atoms in total. The number of thiophene rings is 1. The summed E-state index contributed by atoms with van der Waals surface area (Å²) in [5.41, 5.74) is 2.48. The van der Waals surface area contributed by atoms with E-state index >= 15 is 0 Å². The fourth-order valence-corrected chi connectivity index (χ4v) is 5.94. The van der Waals surface area contributed by atoms with E-state index in [0.717, 1.165) is 27.4 Å². The summed E-state index contributed by atoms with van der Waals surface area (Å²) in [4.78, 5) is 39.2. The number of hydrogen-bond donors (Lipinski definition) is 3. The minimum absolute atomic E-state index is 0.261. The number of aliphatic hydroxyl groups excluding tert-OH is 1. The van der Waals surface area contributed by atoms with Crippen LogP contribution >= 0.6 is 11.3 Å². The number of carbonyl (C=O) groups excluding carboxylic acids is 2. The fraction of sp³-hybridized carbons (Fsp3) is 0.276. The van der Waals surface area contributed by atoms with Gasteiger partial charge < -0.3 is 25.4 Å². The van der Waals surface area contributed by atoms with E-state index in [0.29, 0.717) is 35.7 Å². The molecule has 0 unspecified atom stereocenters. The summed E-state index contributed by atoms with van der Waals surface area (Å²) >= 11 is 1.50. The molecule has 5 rings (SSSR count). The maximum Gasteiger partial charge on any atom is 0.255 e. The normalized spacial score (nSPS) is 14.5. The quantitative estimate of drug-likeness (QED) is 0.243. The summed E-state index contributed by atoms with van der Waals surface area (Å²) in [6.07, 6.45) is 6.08. The molecule has 1 aromatic carbocycles. The van der Waals surface area contributed by atoms with E-state index in [1.165, 1.54) is 41.6 Å². The number of ether oxygens (including phenoxy) is 1. The average molecular weight is 592 g/mol. The molecule has 13 heteroatoms. The van der Waals surface area contributed by atoms with Gasteiger partial charge in [-0.3, -0.25) is 14.3 Å². The zero-order valence-electron chi connectivity index (χ0n) is 23.5. The molecule has 4 aromatic rings. The topological polar surface area (TPSA) is 134 Å². The summed E-state index contributed by atoms with van der Waals surface area (Å²) in [5, 5.41) is 19.5. The van der Waals surface area contributed by atoms with Crippen LogP contribution in [0.15, 0.2) is 55.1 Å². The largest absolute Gasteiger partial charge is 0.516 e. The second-order valence-electron chi connectivity index (χ2n) is 9.81. The van der Waals surface area contributed by atoms with Gasteiger partial charge in [-0.1, -0.05) is 0 Å². The Morgan fingerprint density at radius 1 is 1.29 bits per heavy atom. The van der Waals surface area contributed by atoms with E-state index in [1.54, 1.807) is 30.1 Å². The molecule has 2 atom stereocenters. The number of nitrogens with one attached hydrogen (secondary N) is 2. The van der Waals surface area contributed by atoms with E-state index in [4.69, 9.17) is 9.72 Å². The number of rotatable bonds is 9. The Bertz CT molecular complexity index is 1670. The highest BCUT2D eigenvalue weighted by molar-refractivity contribution is 7.15. The zero-order chi connectivity index (χ0) is 30.0. The molecule has 0 spiro atoms. The Morgan fingerprint density at radius 2 is 2.10 bits per heavy atom. The van der Waals surface area contributed by atoms with Crippen LogP contribution in [-0.4, -0.2) is 61.3 Å². The van der Waals surface area contributed by atoms with Gasteiger partial charge in [-0.15, -0.1) is 11.3 Å². The van der Waals surface area contributed by atoms with E-state index in [1.807, 2.05) is 26.1 Å². The van der Waals surface area contributed by atoms with Crippen molar-refractivity contribution in [2.75, 3.05) is 19.0 Å². The van der Waals surface area contributed by atoms with Crippen molar-refractivity contribution >= 4 is 34.9 Å². The summed E-state index contributed by atoms with van der Waals surface area (Å²) in [7, 11) is 3.22. The van der Waals surface area contributed by atoms with Gasteiger partial charge in [0.1, 0.15) is 23.4 Å². The molecule has 0 saturated heterocycles. The monoisotopic (exact) mass is 591 g/mol. The Morgan fingerprint density at radius 3 is 2.81 bits per heavy atom. The van der Waals surface area contributed by atoms with Crippen molar-refractivity contribution in [2.24, 2.45) is 7.05 Å². The van der Waals surface area contributed by atoms with Crippen LogP contribution in [-0.2, 0) is 18.3 Å². The smallest absolute Gasteiger partial charge is 0.255 e. The van der Waals surface area contributed by atoms with Gasteiger partial charge >= 0.3 is 0 Å². The lowest BCUT2D eigenvalue weighted by Gasteiger charge is -2.32. The van der Waals surface area contributed by atoms with E-state index in [2.05, 4.69) is 20.7 Å². The number of nitrogens with zero attached hydrogens (tertiary/aromatic N) is 5. The Hall–Kier alpha value is -4.78. The minimum atomic E-state index is -0.840. The van der Waals surface area contributed by atoms with Gasteiger partial charge in [-0.2, -0.15) is 5.10 Å². The van der Waals surface area contributed by atoms with Crippen molar-refractivity contribution in [3.8, 4) is 16.3 Å². The van der Waals surface area contributed by atoms with Crippen LogP contribution in [0.1, 0.15) is 39.3 Å². The van der Waals surface area contributed by atoms with Crippen LogP contribution in [0, 0.1) is 12.7 Å². The van der Waals surface area contributed by atoms with Gasteiger partial charge in [-0.05, 0) is 49.2 Å². The number of aryl methyl sites for hydroxylation is 2. The zero-order valence-corrected chi connectivity index (χ0v) is 24.3. The molecule has 218 valence electrons. The second-order valence-corrected chi connectivity index (χ2v) is 11.0. The molecule has 42 heavy (non-hydrogen) atoms. The van der Waals surface area contributed by atoms with Gasteiger partial charge in [0, 0.05) is 43.2 Å². The number of aliphatic hydroxyl groups is 1. The van der Waals surface area contributed by atoms with Gasteiger partial charge in [0.15, 0.2) is 0 Å². The number of aromatic nitrogens is 4. The number of methoxy groups -OCH3 is 1. The highest BCUT2D eigenvalue weighted by Gasteiger charge is 2.34. The van der Waals surface area contributed by atoms with Crippen LogP contribution in [0.3, 0.4) is 0 Å². The van der Waals surface area contributed by atoms with E-state index in [9.17, 15) is 19.1 Å². The number of benzene rings is 1. The Kier molecular flexibility index (Phi) is 8.20. The third-order valence-electron chi connectivity index (χ3n) is 7.06. The fourth-order valence-electron chi connectivity index (χ4n) is 4.75. The molecule has 0 radical (unpaired) electrons. The SMILES string of the molecule is COc1cc(F)cc([C@@H](/C=C/O)NC(=O)[C@@H](C)N2CCc3sc(-c4nc(Nc5ccnn5C)ncc4C)cc3C2=O)c1. The molecule has 2 amide bonds. The van der Waals surface area contributed by atoms with Crippen molar-refractivity contribution < 1.29 is 23.8 Å². The molecule has 1 aliphatic heterocycles. The summed E-state index contributed by atoms with van der Waals surface area (Å²) < 4.78 is 20.9. The molecule has 3 aromatic heterocycles. The van der Waals surface area contributed by atoms with Crippen molar-refractivity contribution in [2.45, 2.75) is 32.4 Å². The minimum Gasteiger partial charge on any atom is -0.516 e. The molecule has 1 aliphatic rings. The van der Waals surface area contributed by atoms with Crippen molar-refractivity contribution in [1.29, 1.82) is 0 Å². The molecule has 0 bridgehead atoms. The average Bonchev–Trinajstić information content (AvgIpc) is 3.59. The highest BCUT2D eigenvalue weighted by Crippen LogP contribution is 2.36. The van der Waals surface area contributed by atoms with Gasteiger partial charge in [0.25, 0.3) is 5.91 Å². The van der Waals surface area contributed by atoms with Gasteiger partial charge in [0.05, 0.1) is 41.7 Å². The standard InChI is InChI=1S/C29H30FN7O4S/c1-16-15-31-29(34-25-5-8-32-36(25)3)35-26(16)24-14-21-23(42-24)6-9-37(28(21)40)17(2)27(39)33-22(7-10-38)18-11-19(30)13-20(12-18)41-4/h5,7-8,10-15,17,22,38H,6,9H2,1-4H3,(H,33,39)(H,31,34,35)/b10-7+/t17-,22-/m1/s1. The number of anilines is 2. The Labute approximate surface area is 245 Å². The van der Waals surface area contributed by atoms with Crippen LogP contribution in [0.2, 0.25) is 0 Å². The lowest BCUT2D eigenvalue weighted by atomic mass is 10.0. The molecular formula is C29H30FN7O4S. The lowest BCUT2D eigenvalue weighted by Crippen LogP contribution is -2.50. The van der Waals surface area contributed by atoms with Crippen molar-refractivity contribution in [1.82, 2.24) is 30.0 Å². The van der Waals surface area contributed by atoms with Gasteiger partial charge in [-0.25, -0.2) is 14.4 Å². The molecule has 0 aliphatic carbocycles. The maximum atomic E-state index is 14.1. The highest BCUT2D eigenvalue weighted by atomic mass is 32.1. The first kappa shape index (κ1) is 28.7.